The fraction of sp³-hybridized carbons (Fsp3) is 0. The van der Waals surface area contributed by atoms with Crippen molar-refractivity contribution in [2.24, 2.45) is 0 Å². The summed E-state index contributed by atoms with van der Waals surface area (Å²) < 4.78 is 0. The van der Waals surface area contributed by atoms with Crippen LogP contribution in [0.2, 0.25) is 0 Å². The zero-order valence-electron chi connectivity index (χ0n) is 9.61. The van der Waals surface area contributed by atoms with Crippen LogP contribution in [0, 0.1) is 10.1 Å². The maximum absolute atomic E-state index is 10.7. The van der Waals surface area contributed by atoms with E-state index >= 15 is 0 Å². The van der Waals surface area contributed by atoms with Gasteiger partial charge in [-0.3, -0.25) is 0 Å². The Balaban J connectivity index is 2.12. The van der Waals surface area contributed by atoms with Gasteiger partial charge >= 0.3 is 11.8 Å². The van der Waals surface area contributed by atoms with Gasteiger partial charge in [-0.2, -0.15) is 0 Å². The lowest BCUT2D eigenvalue weighted by molar-refractivity contribution is -0.389. The molecule has 2 rings (SSSR count). The highest BCUT2D eigenvalue weighted by Gasteiger charge is 2.06. The van der Waals surface area contributed by atoms with E-state index in [1.807, 2.05) is 0 Å². The van der Waals surface area contributed by atoms with Crippen LogP contribution < -0.4 is 5.32 Å². The molecule has 96 valence electrons. The number of aromatic carboxylic acids is 1. The molecule has 0 aliphatic carbocycles. The smallest absolute Gasteiger partial charge is 0.363 e. The van der Waals surface area contributed by atoms with E-state index in [2.05, 4.69) is 10.3 Å². The second-order valence-corrected chi connectivity index (χ2v) is 3.67. The van der Waals surface area contributed by atoms with Crippen molar-refractivity contribution in [2.45, 2.75) is 0 Å². The normalized spacial score (nSPS) is 9.89. The van der Waals surface area contributed by atoms with E-state index in [-0.39, 0.29) is 11.4 Å². The van der Waals surface area contributed by atoms with Crippen molar-refractivity contribution in [1.29, 1.82) is 0 Å². The summed E-state index contributed by atoms with van der Waals surface area (Å²) >= 11 is 0. The van der Waals surface area contributed by atoms with Crippen LogP contribution in [0.4, 0.5) is 17.2 Å². The van der Waals surface area contributed by atoms with Gasteiger partial charge in [0.15, 0.2) is 6.20 Å². The van der Waals surface area contributed by atoms with Crippen LogP contribution in [-0.4, -0.2) is 21.0 Å². The Morgan fingerprint density at radius 1 is 1.16 bits per heavy atom. The molecular weight excluding hydrogens is 250 g/mol. The molecule has 0 fully saturated rings. The molecule has 1 aromatic carbocycles. The number of pyridine rings is 1. The zero-order valence-corrected chi connectivity index (χ0v) is 9.61. The number of rotatable bonds is 4. The van der Waals surface area contributed by atoms with Gasteiger partial charge in [0.05, 0.1) is 11.3 Å². The van der Waals surface area contributed by atoms with Crippen LogP contribution >= 0.6 is 0 Å². The van der Waals surface area contributed by atoms with E-state index in [4.69, 9.17) is 5.11 Å². The first-order valence-electron chi connectivity index (χ1n) is 5.27. The zero-order chi connectivity index (χ0) is 13.8. The van der Waals surface area contributed by atoms with Crippen LogP contribution in [0.25, 0.3) is 0 Å². The van der Waals surface area contributed by atoms with Gasteiger partial charge in [-0.1, -0.05) is 0 Å². The lowest BCUT2D eigenvalue weighted by atomic mass is 10.2. The summed E-state index contributed by atoms with van der Waals surface area (Å²) in [6, 6.07) is 8.94. The molecule has 7 heteroatoms. The van der Waals surface area contributed by atoms with Crippen molar-refractivity contribution >= 4 is 23.2 Å². The van der Waals surface area contributed by atoms with E-state index in [9.17, 15) is 14.9 Å². The topological polar surface area (TPSA) is 105 Å². The fourth-order valence-electron chi connectivity index (χ4n) is 1.43. The number of hydrogen-bond donors (Lipinski definition) is 2. The Morgan fingerprint density at radius 3 is 2.26 bits per heavy atom. The first-order valence-corrected chi connectivity index (χ1v) is 5.27. The first kappa shape index (κ1) is 12.5. The average molecular weight is 259 g/mol. The Bertz CT molecular complexity index is 552. The van der Waals surface area contributed by atoms with E-state index in [1.54, 1.807) is 12.1 Å². The number of nitrogens with zero attached hydrogens (tertiary/aromatic N) is 2. The van der Waals surface area contributed by atoms with Gasteiger partial charge in [0.25, 0.3) is 0 Å². The number of carboxylic acids is 1. The summed E-state index contributed by atoms with van der Waals surface area (Å²) in [7, 11) is 0. The molecule has 1 heterocycles. The molecule has 7 nitrogen and oxygen atoms in total. The first-order chi connectivity index (χ1) is 9.06. The minimum absolute atomic E-state index is 0.187. The van der Waals surface area contributed by atoms with Gasteiger partial charge in [0, 0.05) is 11.8 Å². The number of hydrogen-bond acceptors (Lipinski definition) is 5. The molecule has 1 aromatic heterocycles. The minimum atomic E-state index is -0.997. The van der Waals surface area contributed by atoms with Crippen LogP contribution in [0.3, 0.4) is 0 Å². The molecule has 0 amide bonds. The highest BCUT2D eigenvalue weighted by Crippen LogP contribution is 2.18. The highest BCUT2D eigenvalue weighted by molar-refractivity contribution is 5.88. The summed E-state index contributed by atoms with van der Waals surface area (Å²) in [6.07, 6.45) is 1.34. The summed E-state index contributed by atoms with van der Waals surface area (Å²) in [5.41, 5.74) is 1.43. The van der Waals surface area contributed by atoms with Crippen molar-refractivity contribution in [3.05, 3.63) is 58.3 Å². The number of anilines is 2. The molecule has 0 bridgehead atoms. The molecule has 0 saturated heterocycles. The lowest BCUT2D eigenvalue weighted by Crippen LogP contribution is -1.97. The van der Waals surface area contributed by atoms with Crippen molar-refractivity contribution in [3.8, 4) is 0 Å². The molecule has 0 atom stereocenters. The number of nitro groups is 1. The van der Waals surface area contributed by atoms with E-state index in [0.29, 0.717) is 11.4 Å². The third kappa shape index (κ3) is 3.03. The fourth-order valence-corrected chi connectivity index (χ4v) is 1.43. The van der Waals surface area contributed by atoms with Crippen molar-refractivity contribution < 1.29 is 14.8 Å². The number of aromatic nitrogens is 1. The third-order valence-corrected chi connectivity index (χ3v) is 2.36. The minimum Gasteiger partial charge on any atom is -0.478 e. The maximum Gasteiger partial charge on any atom is 0.363 e. The molecule has 0 saturated carbocycles. The molecule has 19 heavy (non-hydrogen) atoms. The molecule has 2 N–H and O–H groups in total. The van der Waals surface area contributed by atoms with Crippen molar-refractivity contribution in [3.63, 3.8) is 0 Å². The van der Waals surface area contributed by atoms with Crippen LogP contribution in [0.1, 0.15) is 10.4 Å². The largest absolute Gasteiger partial charge is 0.478 e. The van der Waals surface area contributed by atoms with Gasteiger partial charge in [-0.05, 0) is 40.2 Å². The third-order valence-electron chi connectivity index (χ3n) is 2.36. The van der Waals surface area contributed by atoms with Crippen molar-refractivity contribution in [2.75, 3.05) is 5.32 Å². The molecule has 0 spiro atoms. The van der Waals surface area contributed by atoms with Gasteiger partial charge in [-0.15, -0.1) is 0 Å². The predicted octanol–water partition coefficient (Wildman–Crippen LogP) is 2.43. The van der Waals surface area contributed by atoms with Crippen LogP contribution in [0.5, 0.6) is 0 Å². The Hall–Kier alpha value is -2.96. The number of carbonyl (C=O) groups is 1. The molecule has 0 radical (unpaired) electrons. The highest BCUT2D eigenvalue weighted by atomic mass is 16.6. The van der Waals surface area contributed by atoms with Gasteiger partial charge in [0.2, 0.25) is 0 Å². The van der Waals surface area contributed by atoms with E-state index in [0.717, 1.165) is 0 Å². The Morgan fingerprint density at radius 2 is 1.79 bits per heavy atom. The Kier molecular flexibility index (Phi) is 3.37. The van der Waals surface area contributed by atoms with Gasteiger partial charge < -0.3 is 20.5 Å². The summed E-state index contributed by atoms with van der Waals surface area (Å²) in [5.74, 6) is -1.23. The van der Waals surface area contributed by atoms with Crippen LogP contribution in [0.15, 0.2) is 42.6 Å². The van der Waals surface area contributed by atoms with Gasteiger partial charge in [0.1, 0.15) is 0 Å². The lowest BCUT2D eigenvalue weighted by Gasteiger charge is -2.04. The number of benzene rings is 1. The monoisotopic (exact) mass is 259 g/mol. The van der Waals surface area contributed by atoms with Crippen molar-refractivity contribution in [1.82, 2.24) is 4.98 Å². The summed E-state index contributed by atoms with van der Waals surface area (Å²) in [5, 5.41) is 22.2. The van der Waals surface area contributed by atoms with Crippen LogP contribution in [-0.2, 0) is 0 Å². The maximum atomic E-state index is 10.7. The Labute approximate surface area is 107 Å². The molecule has 0 unspecified atom stereocenters. The quantitative estimate of drug-likeness (QED) is 0.645. The molecule has 0 aliphatic rings. The molecule has 2 aromatic rings. The summed E-state index contributed by atoms with van der Waals surface area (Å²) in [6.45, 7) is 0. The average Bonchev–Trinajstić information content (AvgIpc) is 2.40. The SMILES string of the molecule is O=C(O)c1ccc(Nc2ccc([N+](=O)[O-])nc2)cc1. The van der Waals surface area contributed by atoms with E-state index in [1.165, 1.54) is 30.5 Å². The van der Waals surface area contributed by atoms with E-state index < -0.39 is 10.9 Å². The molecule has 0 aliphatic heterocycles. The second-order valence-electron chi connectivity index (χ2n) is 3.67. The molecular formula is C12H9N3O4. The predicted molar refractivity (Wildman–Crippen MR) is 67.6 cm³/mol. The number of nitrogens with one attached hydrogen (secondary N) is 1. The number of carboxylic acid groups (broad SMARTS) is 1. The second kappa shape index (κ2) is 5.13. The summed E-state index contributed by atoms with van der Waals surface area (Å²) in [4.78, 5) is 24.2. The standard InChI is InChI=1S/C12H9N3O4/c16-12(17)8-1-3-9(4-2-8)14-10-5-6-11(13-7-10)15(18)19/h1-7,14H,(H,16,17). The van der Waals surface area contributed by atoms with Gasteiger partial charge in [-0.25, -0.2) is 4.79 Å².